The zero-order chi connectivity index (χ0) is 20.3. The van der Waals surface area contributed by atoms with E-state index in [4.69, 9.17) is 10.5 Å². The van der Waals surface area contributed by atoms with Crippen LogP contribution in [0.2, 0.25) is 0 Å². The van der Waals surface area contributed by atoms with E-state index in [-0.39, 0.29) is 24.1 Å². The molecule has 1 heterocycles. The van der Waals surface area contributed by atoms with Crippen molar-refractivity contribution >= 4 is 29.5 Å². The second kappa shape index (κ2) is 7.82. The van der Waals surface area contributed by atoms with E-state index in [1.54, 1.807) is 25.1 Å². The fourth-order valence-corrected chi connectivity index (χ4v) is 2.43. The first-order chi connectivity index (χ1) is 13.4. The van der Waals surface area contributed by atoms with E-state index in [2.05, 4.69) is 15.4 Å². The number of rotatable bonds is 5. The molecular weight excluding hydrogens is 372 g/mol. The van der Waals surface area contributed by atoms with Gasteiger partial charge in [-0.1, -0.05) is 12.1 Å². The van der Waals surface area contributed by atoms with Crippen molar-refractivity contribution in [1.29, 1.82) is 0 Å². The number of anilines is 3. The highest BCUT2D eigenvalue weighted by atomic mass is 19.1. The molecule has 0 saturated heterocycles. The highest BCUT2D eigenvalue weighted by Crippen LogP contribution is 2.20. The molecule has 0 unspecified atom stereocenters. The molecule has 3 aromatic rings. The van der Waals surface area contributed by atoms with E-state index in [9.17, 15) is 18.4 Å². The minimum absolute atomic E-state index is 0.175. The number of carbonyl (C=O) groups is 2. The number of carbonyl (C=O) groups excluding carboxylic acids is 2. The van der Waals surface area contributed by atoms with Crippen LogP contribution >= 0.6 is 0 Å². The lowest BCUT2D eigenvalue weighted by atomic mass is 10.2. The quantitative estimate of drug-likeness (QED) is 0.647. The first kappa shape index (κ1) is 19.0. The van der Waals surface area contributed by atoms with Crippen molar-refractivity contribution in [1.82, 2.24) is 14.8 Å². The molecule has 0 bridgehead atoms. The SMILES string of the molecule is CCOC(=O)c1cccc(Nc2nc(N)nn2C(=O)c2c(F)cccc2F)c1. The number of hydrogen-bond acceptors (Lipinski definition) is 7. The van der Waals surface area contributed by atoms with Gasteiger partial charge < -0.3 is 15.8 Å². The van der Waals surface area contributed by atoms with Crippen molar-refractivity contribution < 1.29 is 23.1 Å². The molecular formula is C18H15F2N5O3. The maximum Gasteiger partial charge on any atom is 0.338 e. The Morgan fingerprint density at radius 1 is 1.18 bits per heavy atom. The lowest BCUT2D eigenvalue weighted by Crippen LogP contribution is -2.19. The molecule has 144 valence electrons. The highest BCUT2D eigenvalue weighted by molar-refractivity contribution is 5.98. The molecule has 2 aromatic carbocycles. The van der Waals surface area contributed by atoms with Crippen LogP contribution in [-0.2, 0) is 4.74 Å². The van der Waals surface area contributed by atoms with Crippen molar-refractivity contribution in [3.8, 4) is 0 Å². The van der Waals surface area contributed by atoms with E-state index < -0.39 is 29.1 Å². The van der Waals surface area contributed by atoms with Crippen molar-refractivity contribution in [3.63, 3.8) is 0 Å². The fraction of sp³-hybridized carbons (Fsp3) is 0.111. The van der Waals surface area contributed by atoms with Gasteiger partial charge in [-0.25, -0.2) is 13.6 Å². The summed E-state index contributed by atoms with van der Waals surface area (Å²) in [7, 11) is 0. The average molecular weight is 387 g/mol. The molecule has 0 spiro atoms. The molecule has 0 aliphatic rings. The molecule has 3 N–H and O–H groups in total. The maximum absolute atomic E-state index is 13.9. The number of halogens is 2. The van der Waals surface area contributed by atoms with Crippen LogP contribution in [0.1, 0.15) is 27.6 Å². The van der Waals surface area contributed by atoms with E-state index in [0.717, 1.165) is 18.2 Å². The van der Waals surface area contributed by atoms with Gasteiger partial charge in [-0.3, -0.25) is 4.79 Å². The van der Waals surface area contributed by atoms with E-state index in [1.807, 2.05) is 0 Å². The molecule has 1 aromatic heterocycles. The minimum atomic E-state index is -1.09. The molecule has 0 radical (unpaired) electrons. The second-order valence-electron chi connectivity index (χ2n) is 5.53. The molecule has 0 saturated carbocycles. The summed E-state index contributed by atoms with van der Waals surface area (Å²) >= 11 is 0. The Balaban J connectivity index is 1.95. The van der Waals surface area contributed by atoms with E-state index in [0.29, 0.717) is 10.4 Å². The van der Waals surface area contributed by atoms with Crippen LogP contribution in [0.25, 0.3) is 0 Å². The van der Waals surface area contributed by atoms with Gasteiger partial charge in [0.1, 0.15) is 17.2 Å². The summed E-state index contributed by atoms with van der Waals surface area (Å²) in [4.78, 5) is 28.3. The monoisotopic (exact) mass is 387 g/mol. The van der Waals surface area contributed by atoms with Crippen LogP contribution < -0.4 is 11.1 Å². The number of hydrogen-bond donors (Lipinski definition) is 2. The number of nitrogen functional groups attached to an aromatic ring is 1. The molecule has 0 aliphatic carbocycles. The van der Waals surface area contributed by atoms with Crippen LogP contribution in [0.3, 0.4) is 0 Å². The van der Waals surface area contributed by atoms with Crippen LogP contribution in [-0.4, -0.2) is 33.2 Å². The first-order valence-corrected chi connectivity index (χ1v) is 8.16. The van der Waals surface area contributed by atoms with Gasteiger partial charge >= 0.3 is 5.97 Å². The van der Waals surface area contributed by atoms with Crippen molar-refractivity contribution in [2.75, 3.05) is 17.7 Å². The number of benzene rings is 2. The topological polar surface area (TPSA) is 112 Å². The summed E-state index contributed by atoms with van der Waals surface area (Å²) in [5.74, 6) is -4.18. The normalized spacial score (nSPS) is 10.5. The van der Waals surface area contributed by atoms with Crippen LogP contribution in [0.5, 0.6) is 0 Å². The lowest BCUT2D eigenvalue weighted by molar-refractivity contribution is 0.0526. The summed E-state index contributed by atoms with van der Waals surface area (Å²) in [6.45, 7) is 1.89. The zero-order valence-corrected chi connectivity index (χ0v) is 14.6. The fourth-order valence-electron chi connectivity index (χ4n) is 2.43. The van der Waals surface area contributed by atoms with Gasteiger partial charge in [-0.2, -0.15) is 9.67 Å². The highest BCUT2D eigenvalue weighted by Gasteiger charge is 2.23. The molecule has 0 aliphatic heterocycles. The number of aromatic nitrogens is 3. The minimum Gasteiger partial charge on any atom is -0.462 e. The Bertz CT molecular complexity index is 1030. The predicted octanol–water partition coefficient (Wildman–Crippen LogP) is 2.75. The van der Waals surface area contributed by atoms with Crippen LogP contribution in [0, 0.1) is 11.6 Å². The van der Waals surface area contributed by atoms with Gasteiger partial charge in [-0.05, 0) is 37.3 Å². The molecule has 3 rings (SSSR count). The van der Waals surface area contributed by atoms with Gasteiger partial charge in [0.2, 0.25) is 11.9 Å². The van der Waals surface area contributed by atoms with Gasteiger partial charge in [0.15, 0.2) is 0 Å². The van der Waals surface area contributed by atoms with Gasteiger partial charge in [-0.15, -0.1) is 5.10 Å². The molecule has 8 nitrogen and oxygen atoms in total. The van der Waals surface area contributed by atoms with Crippen molar-refractivity contribution in [2.24, 2.45) is 0 Å². The third kappa shape index (κ3) is 3.80. The Hall–Kier alpha value is -3.82. The van der Waals surface area contributed by atoms with Gasteiger partial charge in [0.05, 0.1) is 12.2 Å². The Morgan fingerprint density at radius 2 is 1.86 bits per heavy atom. The van der Waals surface area contributed by atoms with E-state index in [1.165, 1.54) is 6.07 Å². The number of ether oxygens (including phenoxy) is 1. The predicted molar refractivity (Wildman–Crippen MR) is 96.2 cm³/mol. The zero-order valence-electron chi connectivity index (χ0n) is 14.6. The Kier molecular flexibility index (Phi) is 5.30. The summed E-state index contributed by atoms with van der Waals surface area (Å²) < 4.78 is 33.5. The van der Waals surface area contributed by atoms with Crippen molar-refractivity contribution in [3.05, 3.63) is 65.2 Å². The summed E-state index contributed by atoms with van der Waals surface area (Å²) in [6, 6.07) is 9.21. The third-order valence-corrected chi connectivity index (χ3v) is 3.62. The van der Waals surface area contributed by atoms with E-state index >= 15 is 0 Å². The first-order valence-electron chi connectivity index (χ1n) is 8.16. The number of esters is 1. The summed E-state index contributed by atoms with van der Waals surface area (Å²) in [6.07, 6.45) is 0. The Morgan fingerprint density at radius 3 is 2.54 bits per heavy atom. The molecule has 10 heteroatoms. The van der Waals surface area contributed by atoms with Gasteiger partial charge in [0.25, 0.3) is 5.91 Å². The third-order valence-electron chi connectivity index (χ3n) is 3.62. The number of nitrogens with one attached hydrogen (secondary N) is 1. The number of nitrogens with two attached hydrogens (primary N) is 1. The molecule has 0 atom stereocenters. The lowest BCUT2D eigenvalue weighted by Gasteiger charge is -2.09. The van der Waals surface area contributed by atoms with Crippen LogP contribution in [0.15, 0.2) is 42.5 Å². The molecule has 28 heavy (non-hydrogen) atoms. The van der Waals surface area contributed by atoms with Crippen LogP contribution in [0.4, 0.5) is 26.4 Å². The summed E-state index contributed by atoms with van der Waals surface area (Å²) in [5.41, 5.74) is 5.37. The van der Waals surface area contributed by atoms with Gasteiger partial charge in [0, 0.05) is 5.69 Å². The standard InChI is InChI=1S/C18H15F2N5O3/c1-2-28-16(27)10-5-3-6-11(9-10)22-18-23-17(21)24-25(18)15(26)14-12(19)7-4-8-13(14)20/h3-9H,2H2,1H3,(H3,21,22,23,24). The Labute approximate surface area is 157 Å². The maximum atomic E-state index is 13.9. The largest absolute Gasteiger partial charge is 0.462 e. The summed E-state index contributed by atoms with van der Waals surface area (Å²) in [5, 5.41) is 6.45. The van der Waals surface area contributed by atoms with Crippen molar-refractivity contribution in [2.45, 2.75) is 6.92 Å². The average Bonchev–Trinajstić information content (AvgIpc) is 3.02. The molecule has 0 amide bonds. The molecule has 0 fully saturated rings. The number of nitrogens with zero attached hydrogens (tertiary/aromatic N) is 3. The second-order valence-corrected chi connectivity index (χ2v) is 5.53. The smallest absolute Gasteiger partial charge is 0.338 e.